The maximum Gasteiger partial charge on any atom is 0.124 e. The molecule has 2 nitrogen and oxygen atoms in total. The summed E-state index contributed by atoms with van der Waals surface area (Å²) < 4.78 is 4.69. The van der Waals surface area contributed by atoms with Crippen LogP contribution < -0.4 is 0 Å². The fourth-order valence-electron chi connectivity index (χ4n) is 0.685. The molecule has 0 N–H and O–H groups in total. The SMILES string of the molecule is CC[C@H](C)c1ccon1. The van der Waals surface area contributed by atoms with Crippen molar-refractivity contribution in [2.75, 3.05) is 0 Å². The Hall–Kier alpha value is -0.790. The van der Waals surface area contributed by atoms with Crippen molar-refractivity contribution in [3.8, 4) is 0 Å². The zero-order chi connectivity index (χ0) is 6.69. The Morgan fingerprint density at radius 2 is 2.56 bits per heavy atom. The molecule has 0 bridgehead atoms. The van der Waals surface area contributed by atoms with Crippen molar-refractivity contribution in [1.29, 1.82) is 0 Å². The Bertz CT molecular complexity index is 157. The minimum absolute atomic E-state index is 0.531. The van der Waals surface area contributed by atoms with Gasteiger partial charge in [0.1, 0.15) is 6.26 Å². The van der Waals surface area contributed by atoms with Gasteiger partial charge in [0.2, 0.25) is 0 Å². The van der Waals surface area contributed by atoms with Gasteiger partial charge in [-0.05, 0) is 6.42 Å². The molecule has 1 aromatic heterocycles. The molecule has 0 aromatic carbocycles. The van der Waals surface area contributed by atoms with Gasteiger partial charge in [0.25, 0.3) is 0 Å². The van der Waals surface area contributed by atoms with Crippen molar-refractivity contribution in [2.24, 2.45) is 0 Å². The lowest BCUT2D eigenvalue weighted by Gasteiger charge is -1.99. The molecule has 0 fully saturated rings. The molecule has 0 amide bonds. The quantitative estimate of drug-likeness (QED) is 0.605. The van der Waals surface area contributed by atoms with Crippen LogP contribution in [0.2, 0.25) is 0 Å². The van der Waals surface area contributed by atoms with Crippen LogP contribution in [0.15, 0.2) is 16.9 Å². The summed E-state index contributed by atoms with van der Waals surface area (Å²) in [4.78, 5) is 0. The molecule has 9 heavy (non-hydrogen) atoms. The van der Waals surface area contributed by atoms with E-state index >= 15 is 0 Å². The Labute approximate surface area is 54.9 Å². The number of nitrogens with zero attached hydrogens (tertiary/aromatic N) is 1. The van der Waals surface area contributed by atoms with E-state index in [0.29, 0.717) is 5.92 Å². The molecular formula is C7H11NO. The molecule has 2 heteroatoms. The minimum Gasteiger partial charge on any atom is -0.365 e. The van der Waals surface area contributed by atoms with Crippen molar-refractivity contribution in [3.63, 3.8) is 0 Å². The highest BCUT2D eigenvalue weighted by Gasteiger charge is 2.03. The molecule has 0 unspecified atom stereocenters. The van der Waals surface area contributed by atoms with Gasteiger partial charge in [0, 0.05) is 12.0 Å². The second-order valence-corrected chi connectivity index (χ2v) is 2.23. The van der Waals surface area contributed by atoms with Gasteiger partial charge in [-0.2, -0.15) is 0 Å². The molecule has 0 saturated carbocycles. The molecule has 0 saturated heterocycles. The van der Waals surface area contributed by atoms with Gasteiger partial charge >= 0.3 is 0 Å². The molecular weight excluding hydrogens is 114 g/mol. The molecule has 1 aromatic rings. The van der Waals surface area contributed by atoms with Crippen molar-refractivity contribution in [1.82, 2.24) is 5.16 Å². The summed E-state index contributed by atoms with van der Waals surface area (Å²) in [5, 5.41) is 3.81. The van der Waals surface area contributed by atoms with E-state index < -0.39 is 0 Å². The smallest absolute Gasteiger partial charge is 0.124 e. The topological polar surface area (TPSA) is 26.0 Å². The monoisotopic (exact) mass is 125 g/mol. The predicted molar refractivity (Wildman–Crippen MR) is 35.2 cm³/mol. The first kappa shape index (κ1) is 6.33. The van der Waals surface area contributed by atoms with Gasteiger partial charge in [-0.15, -0.1) is 0 Å². The lowest BCUT2D eigenvalue weighted by molar-refractivity contribution is 0.406. The highest BCUT2D eigenvalue weighted by atomic mass is 16.5. The van der Waals surface area contributed by atoms with E-state index in [2.05, 4.69) is 23.5 Å². The number of hydrogen-bond donors (Lipinski definition) is 0. The van der Waals surface area contributed by atoms with E-state index in [1.54, 1.807) is 6.26 Å². The predicted octanol–water partition coefficient (Wildman–Crippen LogP) is 2.19. The first-order valence-electron chi connectivity index (χ1n) is 3.25. The summed E-state index contributed by atoms with van der Waals surface area (Å²) in [7, 11) is 0. The average Bonchev–Trinajstić information content (AvgIpc) is 2.37. The fourth-order valence-corrected chi connectivity index (χ4v) is 0.685. The third kappa shape index (κ3) is 1.31. The Kier molecular flexibility index (Phi) is 1.88. The highest BCUT2D eigenvalue weighted by Crippen LogP contribution is 2.14. The zero-order valence-corrected chi connectivity index (χ0v) is 5.79. The van der Waals surface area contributed by atoms with E-state index in [1.165, 1.54) is 0 Å². The van der Waals surface area contributed by atoms with Crippen LogP contribution in [0.1, 0.15) is 31.9 Å². The first-order chi connectivity index (χ1) is 4.34. The van der Waals surface area contributed by atoms with Gasteiger partial charge in [-0.3, -0.25) is 0 Å². The van der Waals surface area contributed by atoms with Crippen LogP contribution in [-0.2, 0) is 0 Å². The van der Waals surface area contributed by atoms with E-state index in [0.717, 1.165) is 12.1 Å². The van der Waals surface area contributed by atoms with Crippen LogP contribution in [0.25, 0.3) is 0 Å². The number of rotatable bonds is 2. The maximum absolute atomic E-state index is 4.69. The summed E-state index contributed by atoms with van der Waals surface area (Å²) in [6.07, 6.45) is 2.73. The van der Waals surface area contributed by atoms with Crippen LogP contribution in [-0.4, -0.2) is 5.16 Å². The van der Waals surface area contributed by atoms with E-state index in [1.807, 2.05) is 6.07 Å². The summed E-state index contributed by atoms with van der Waals surface area (Å²) in [6, 6.07) is 1.91. The largest absolute Gasteiger partial charge is 0.365 e. The molecule has 50 valence electrons. The number of hydrogen-bond acceptors (Lipinski definition) is 2. The van der Waals surface area contributed by atoms with Gasteiger partial charge < -0.3 is 4.52 Å². The van der Waals surface area contributed by atoms with Crippen LogP contribution in [0.5, 0.6) is 0 Å². The van der Waals surface area contributed by atoms with Gasteiger partial charge in [0.15, 0.2) is 0 Å². The molecule has 0 aliphatic carbocycles. The second-order valence-electron chi connectivity index (χ2n) is 2.23. The molecule has 0 spiro atoms. The normalized spacial score (nSPS) is 13.6. The summed E-state index contributed by atoms with van der Waals surface area (Å²) >= 11 is 0. The maximum atomic E-state index is 4.69. The lowest BCUT2D eigenvalue weighted by Crippen LogP contribution is -1.89. The third-order valence-corrected chi connectivity index (χ3v) is 1.58. The Balaban J connectivity index is 2.65. The Morgan fingerprint density at radius 1 is 1.78 bits per heavy atom. The molecule has 0 aliphatic heterocycles. The summed E-state index contributed by atoms with van der Waals surface area (Å²) in [5.74, 6) is 0.531. The molecule has 1 rings (SSSR count). The highest BCUT2D eigenvalue weighted by molar-refractivity contribution is 5.01. The van der Waals surface area contributed by atoms with Crippen LogP contribution in [0.3, 0.4) is 0 Å². The van der Waals surface area contributed by atoms with Crippen molar-refractivity contribution in [3.05, 3.63) is 18.0 Å². The van der Waals surface area contributed by atoms with Crippen LogP contribution in [0.4, 0.5) is 0 Å². The first-order valence-corrected chi connectivity index (χ1v) is 3.25. The molecule has 0 aliphatic rings. The minimum atomic E-state index is 0.531. The summed E-state index contributed by atoms with van der Waals surface area (Å²) in [6.45, 7) is 4.28. The molecule has 1 atom stereocenters. The third-order valence-electron chi connectivity index (χ3n) is 1.58. The van der Waals surface area contributed by atoms with Crippen LogP contribution in [0, 0.1) is 0 Å². The fraction of sp³-hybridized carbons (Fsp3) is 0.571. The average molecular weight is 125 g/mol. The summed E-state index contributed by atoms with van der Waals surface area (Å²) in [5.41, 5.74) is 1.05. The molecule has 0 radical (unpaired) electrons. The van der Waals surface area contributed by atoms with Crippen molar-refractivity contribution < 1.29 is 4.52 Å². The van der Waals surface area contributed by atoms with E-state index in [9.17, 15) is 0 Å². The van der Waals surface area contributed by atoms with Gasteiger partial charge in [-0.25, -0.2) is 0 Å². The second kappa shape index (κ2) is 2.67. The Morgan fingerprint density at radius 3 is 3.00 bits per heavy atom. The number of aromatic nitrogens is 1. The standard InChI is InChI=1S/C7H11NO/c1-3-6(2)7-4-5-9-8-7/h4-6H,3H2,1-2H3/t6-/m0/s1. The van der Waals surface area contributed by atoms with Gasteiger partial charge in [0.05, 0.1) is 5.69 Å². The van der Waals surface area contributed by atoms with E-state index in [-0.39, 0.29) is 0 Å². The lowest BCUT2D eigenvalue weighted by atomic mass is 10.1. The van der Waals surface area contributed by atoms with Crippen molar-refractivity contribution >= 4 is 0 Å². The van der Waals surface area contributed by atoms with Crippen LogP contribution >= 0.6 is 0 Å². The molecule has 1 heterocycles. The van der Waals surface area contributed by atoms with E-state index in [4.69, 9.17) is 0 Å². The van der Waals surface area contributed by atoms with Crippen molar-refractivity contribution in [2.45, 2.75) is 26.2 Å². The van der Waals surface area contributed by atoms with Gasteiger partial charge in [-0.1, -0.05) is 19.0 Å². The zero-order valence-electron chi connectivity index (χ0n) is 5.79.